The molecule has 39 heavy (non-hydrogen) atoms. The fourth-order valence-electron chi connectivity index (χ4n) is 4.33. The molecule has 1 heterocycles. The van der Waals surface area contributed by atoms with Crippen molar-refractivity contribution in [2.75, 3.05) is 4.90 Å². The number of hydrogen-bond acceptors (Lipinski definition) is 6. The Hall–Kier alpha value is -5.02. The number of para-hydroxylation sites is 1. The van der Waals surface area contributed by atoms with Gasteiger partial charge in [0.05, 0.1) is 16.7 Å². The molecule has 4 aromatic rings. The van der Waals surface area contributed by atoms with Gasteiger partial charge in [-0.15, -0.1) is 0 Å². The van der Waals surface area contributed by atoms with E-state index in [1.54, 1.807) is 36.4 Å². The topological polar surface area (TPSA) is 119 Å². The number of imide groups is 1. The first-order valence-electron chi connectivity index (χ1n) is 11.8. The van der Waals surface area contributed by atoms with E-state index in [4.69, 9.17) is 16.3 Å². The van der Waals surface area contributed by atoms with E-state index in [1.165, 1.54) is 48.5 Å². The summed E-state index contributed by atoms with van der Waals surface area (Å²) in [4.78, 5) is 52.2. The van der Waals surface area contributed by atoms with Crippen LogP contribution in [0.5, 0.6) is 11.5 Å². The number of Topliss-reactive ketones (excluding diaryl/α,β-unsaturated/α-hetero) is 1. The number of ether oxygens (including phenoxy) is 1. The molecule has 3 amide bonds. The summed E-state index contributed by atoms with van der Waals surface area (Å²) < 4.78 is 5.79. The van der Waals surface area contributed by atoms with E-state index in [0.717, 1.165) is 4.90 Å². The summed E-state index contributed by atoms with van der Waals surface area (Å²) in [6.45, 7) is 0. The molecule has 4 aromatic carbocycles. The minimum atomic E-state index is -1.34. The third-order valence-electron chi connectivity index (χ3n) is 6.25. The monoisotopic (exact) mass is 541 g/mol. The predicted octanol–water partition coefficient (Wildman–Crippen LogP) is 6.34. The highest BCUT2D eigenvalue weighted by molar-refractivity contribution is 6.31. The maximum absolute atomic E-state index is 13.8. The number of non-ortho nitro benzene ring substituents is 1. The van der Waals surface area contributed by atoms with Crippen molar-refractivity contribution in [2.24, 2.45) is 5.92 Å². The fraction of sp³-hybridized carbons (Fsp3) is 0.0690. The number of anilines is 1. The second-order valence-corrected chi connectivity index (χ2v) is 9.14. The number of rotatable bonds is 7. The first-order valence-corrected chi connectivity index (χ1v) is 12.2. The second-order valence-electron chi connectivity index (χ2n) is 8.71. The highest BCUT2D eigenvalue weighted by atomic mass is 35.5. The number of carbonyl (C=O) groups is 3. The lowest BCUT2D eigenvalue weighted by Crippen LogP contribution is -2.58. The zero-order valence-electron chi connectivity index (χ0n) is 20.2. The van der Waals surface area contributed by atoms with Crippen LogP contribution in [0.25, 0.3) is 0 Å². The molecule has 1 aliphatic heterocycles. The molecule has 1 saturated heterocycles. The Labute approximate surface area is 227 Å². The van der Waals surface area contributed by atoms with E-state index in [0.29, 0.717) is 22.1 Å². The van der Waals surface area contributed by atoms with Crippen molar-refractivity contribution in [1.29, 1.82) is 0 Å². The molecule has 0 aliphatic carbocycles. The Morgan fingerprint density at radius 2 is 1.46 bits per heavy atom. The molecular formula is C29H20ClN3O6. The van der Waals surface area contributed by atoms with E-state index in [1.807, 2.05) is 18.2 Å². The van der Waals surface area contributed by atoms with Gasteiger partial charge in [0.15, 0.2) is 5.78 Å². The standard InChI is InChI=1S/C29H20ClN3O6/c30-20-10-6-19(7-11-20)27(34)25-26(18-8-12-22(13-9-18)33(37)38)31-29(36)32(28(25)35)21-14-16-24(17-15-21)39-23-4-2-1-3-5-23/h1-17,25-26H,(H,31,36)/t25-,26-/m0/s1. The molecule has 194 valence electrons. The van der Waals surface area contributed by atoms with E-state index >= 15 is 0 Å². The number of carbonyl (C=O) groups excluding carboxylic acids is 3. The summed E-state index contributed by atoms with van der Waals surface area (Å²) in [6, 6.07) is 25.1. The van der Waals surface area contributed by atoms with Crippen molar-refractivity contribution in [3.05, 3.63) is 129 Å². The van der Waals surface area contributed by atoms with Crippen LogP contribution in [0.15, 0.2) is 103 Å². The lowest BCUT2D eigenvalue weighted by Gasteiger charge is -2.37. The molecule has 0 saturated carbocycles. The third kappa shape index (κ3) is 5.34. The van der Waals surface area contributed by atoms with Gasteiger partial charge >= 0.3 is 6.03 Å². The lowest BCUT2D eigenvalue weighted by atomic mass is 9.84. The van der Waals surface area contributed by atoms with Gasteiger partial charge in [-0.3, -0.25) is 19.7 Å². The second kappa shape index (κ2) is 10.8. The van der Waals surface area contributed by atoms with Gasteiger partial charge in [0, 0.05) is 22.7 Å². The summed E-state index contributed by atoms with van der Waals surface area (Å²) in [5.74, 6) is -1.50. The average Bonchev–Trinajstić information content (AvgIpc) is 2.94. The number of urea groups is 1. The van der Waals surface area contributed by atoms with Crippen molar-refractivity contribution in [1.82, 2.24) is 5.32 Å². The molecule has 1 N–H and O–H groups in total. The number of amides is 3. The molecule has 0 bridgehead atoms. The van der Waals surface area contributed by atoms with Gasteiger partial charge in [-0.05, 0) is 66.2 Å². The van der Waals surface area contributed by atoms with Gasteiger partial charge in [-0.1, -0.05) is 41.9 Å². The number of halogens is 1. The number of benzene rings is 4. The van der Waals surface area contributed by atoms with Crippen LogP contribution in [0.3, 0.4) is 0 Å². The summed E-state index contributed by atoms with van der Waals surface area (Å²) in [5.41, 5.74) is 0.689. The zero-order chi connectivity index (χ0) is 27.5. The van der Waals surface area contributed by atoms with Crippen LogP contribution in [-0.4, -0.2) is 22.6 Å². The minimum Gasteiger partial charge on any atom is -0.457 e. The van der Waals surface area contributed by atoms with Crippen LogP contribution in [0.2, 0.25) is 5.02 Å². The molecule has 0 aromatic heterocycles. The Balaban J connectivity index is 1.48. The number of nitro groups is 1. The van der Waals surface area contributed by atoms with E-state index in [-0.39, 0.29) is 16.9 Å². The maximum atomic E-state index is 13.8. The van der Waals surface area contributed by atoms with E-state index in [2.05, 4.69) is 5.32 Å². The van der Waals surface area contributed by atoms with Crippen molar-refractivity contribution >= 4 is 40.7 Å². The SMILES string of the molecule is O=C(c1ccc(Cl)cc1)[C@H]1C(=O)N(c2ccc(Oc3ccccc3)cc2)C(=O)N[C@H]1c1ccc([N+](=O)[O-])cc1. The van der Waals surface area contributed by atoms with Crippen LogP contribution < -0.4 is 15.0 Å². The van der Waals surface area contributed by atoms with Gasteiger partial charge in [0.2, 0.25) is 5.91 Å². The van der Waals surface area contributed by atoms with E-state index in [9.17, 15) is 24.5 Å². The summed E-state index contributed by atoms with van der Waals surface area (Å²) in [6.07, 6.45) is 0. The van der Waals surface area contributed by atoms with Crippen LogP contribution in [-0.2, 0) is 4.79 Å². The minimum absolute atomic E-state index is 0.160. The van der Waals surface area contributed by atoms with Crippen LogP contribution in [0.1, 0.15) is 22.0 Å². The molecule has 10 heteroatoms. The Kier molecular flexibility index (Phi) is 7.07. The van der Waals surface area contributed by atoms with Crippen molar-refractivity contribution in [2.45, 2.75) is 6.04 Å². The Bertz CT molecular complexity index is 1540. The van der Waals surface area contributed by atoms with Gasteiger partial charge in [-0.2, -0.15) is 0 Å². The first-order chi connectivity index (χ1) is 18.8. The molecule has 2 atom stereocenters. The highest BCUT2D eigenvalue weighted by Crippen LogP contribution is 2.35. The van der Waals surface area contributed by atoms with E-state index < -0.39 is 34.6 Å². The summed E-state index contributed by atoms with van der Waals surface area (Å²) in [5, 5.41) is 14.3. The Morgan fingerprint density at radius 1 is 0.846 bits per heavy atom. The summed E-state index contributed by atoms with van der Waals surface area (Å²) in [7, 11) is 0. The number of nitro benzene ring substituents is 1. The number of hydrogen-bond donors (Lipinski definition) is 1. The fourth-order valence-corrected chi connectivity index (χ4v) is 4.46. The van der Waals surface area contributed by atoms with Gasteiger partial charge in [0.25, 0.3) is 5.69 Å². The molecule has 1 aliphatic rings. The molecule has 0 unspecified atom stereocenters. The van der Waals surface area contributed by atoms with Crippen molar-refractivity contribution in [3.63, 3.8) is 0 Å². The van der Waals surface area contributed by atoms with Crippen molar-refractivity contribution < 1.29 is 24.0 Å². The molecule has 0 radical (unpaired) electrons. The predicted molar refractivity (Wildman–Crippen MR) is 144 cm³/mol. The number of nitrogens with zero attached hydrogens (tertiary/aromatic N) is 2. The quantitative estimate of drug-likeness (QED) is 0.126. The third-order valence-corrected chi connectivity index (χ3v) is 6.50. The van der Waals surface area contributed by atoms with Crippen LogP contribution in [0, 0.1) is 16.0 Å². The Morgan fingerprint density at radius 3 is 2.08 bits per heavy atom. The average molecular weight is 542 g/mol. The molecule has 1 fully saturated rings. The van der Waals surface area contributed by atoms with Crippen molar-refractivity contribution in [3.8, 4) is 11.5 Å². The molecule has 9 nitrogen and oxygen atoms in total. The number of ketones is 1. The molecule has 5 rings (SSSR count). The zero-order valence-corrected chi connectivity index (χ0v) is 20.9. The smallest absolute Gasteiger partial charge is 0.329 e. The van der Waals surface area contributed by atoms with Crippen LogP contribution >= 0.6 is 11.6 Å². The van der Waals surface area contributed by atoms with Crippen LogP contribution in [0.4, 0.5) is 16.2 Å². The maximum Gasteiger partial charge on any atom is 0.329 e. The first kappa shape index (κ1) is 25.6. The molecular weight excluding hydrogens is 522 g/mol. The van der Waals surface area contributed by atoms with Gasteiger partial charge in [0.1, 0.15) is 17.4 Å². The van der Waals surface area contributed by atoms with Gasteiger partial charge < -0.3 is 10.1 Å². The summed E-state index contributed by atoms with van der Waals surface area (Å²) >= 11 is 5.97. The normalized spacial score (nSPS) is 16.9. The number of nitrogens with one attached hydrogen (secondary N) is 1. The molecule has 0 spiro atoms. The largest absolute Gasteiger partial charge is 0.457 e. The lowest BCUT2D eigenvalue weighted by molar-refractivity contribution is -0.384. The van der Waals surface area contributed by atoms with Gasteiger partial charge in [-0.25, -0.2) is 9.69 Å². The highest BCUT2D eigenvalue weighted by Gasteiger charge is 2.46.